The van der Waals surface area contributed by atoms with Gasteiger partial charge in [-0.3, -0.25) is 9.59 Å². The van der Waals surface area contributed by atoms with Gasteiger partial charge < -0.3 is 20.3 Å². The monoisotopic (exact) mass is 371 g/mol. The molecular weight excluding hydrogens is 349 g/mol. The Morgan fingerprint density at radius 3 is 2.70 bits per heavy atom. The third-order valence-corrected chi connectivity index (χ3v) is 4.19. The number of carbonyl (C=O) groups is 2. The molecule has 2 aromatic carbocycles. The van der Waals surface area contributed by atoms with Gasteiger partial charge >= 0.3 is 0 Å². The molecule has 0 spiro atoms. The Bertz CT molecular complexity index is 828. The fourth-order valence-corrected chi connectivity index (χ4v) is 2.88. The van der Waals surface area contributed by atoms with Gasteiger partial charge in [0.25, 0.3) is 5.91 Å². The SMILES string of the molecule is CCCNC(=O)[C@@H]1CN(CC(=O)Nc2ccccc2F)c2ccccc2O1. The molecular formula is C20H22FN3O3. The van der Waals surface area contributed by atoms with E-state index in [1.165, 1.54) is 12.1 Å². The van der Waals surface area contributed by atoms with Crippen molar-refractivity contribution in [2.24, 2.45) is 0 Å². The quantitative estimate of drug-likeness (QED) is 0.819. The molecule has 1 aliphatic rings. The van der Waals surface area contributed by atoms with Gasteiger partial charge in [0.1, 0.15) is 11.6 Å². The highest BCUT2D eigenvalue weighted by molar-refractivity contribution is 5.95. The number of nitrogens with one attached hydrogen (secondary N) is 2. The lowest BCUT2D eigenvalue weighted by molar-refractivity contribution is -0.128. The summed E-state index contributed by atoms with van der Waals surface area (Å²) in [6.45, 7) is 2.74. The second-order valence-electron chi connectivity index (χ2n) is 6.27. The fraction of sp³-hybridized carbons (Fsp3) is 0.300. The minimum atomic E-state index is -0.715. The third-order valence-electron chi connectivity index (χ3n) is 4.19. The average molecular weight is 371 g/mol. The molecule has 0 radical (unpaired) electrons. The lowest BCUT2D eigenvalue weighted by Crippen LogP contribution is -2.50. The normalized spacial score (nSPS) is 15.5. The van der Waals surface area contributed by atoms with E-state index in [0.29, 0.717) is 12.3 Å². The van der Waals surface area contributed by atoms with E-state index in [9.17, 15) is 14.0 Å². The summed E-state index contributed by atoms with van der Waals surface area (Å²) in [6.07, 6.45) is 0.108. The molecule has 0 saturated heterocycles. The first-order chi connectivity index (χ1) is 13.1. The summed E-state index contributed by atoms with van der Waals surface area (Å²) in [7, 11) is 0. The zero-order chi connectivity index (χ0) is 19.2. The maximum absolute atomic E-state index is 13.8. The molecule has 0 unspecified atom stereocenters. The summed E-state index contributed by atoms with van der Waals surface area (Å²) in [6, 6.07) is 13.2. The van der Waals surface area contributed by atoms with E-state index < -0.39 is 11.9 Å². The van der Waals surface area contributed by atoms with E-state index in [0.717, 1.165) is 12.1 Å². The Hall–Kier alpha value is -3.09. The van der Waals surface area contributed by atoms with Crippen LogP contribution in [0.25, 0.3) is 0 Å². The highest BCUT2D eigenvalue weighted by Gasteiger charge is 2.31. The van der Waals surface area contributed by atoms with Crippen LogP contribution in [0.15, 0.2) is 48.5 Å². The molecule has 6 nitrogen and oxygen atoms in total. The molecule has 1 aliphatic heterocycles. The molecule has 1 heterocycles. The number of benzene rings is 2. The van der Waals surface area contributed by atoms with Crippen molar-refractivity contribution in [1.82, 2.24) is 5.32 Å². The van der Waals surface area contributed by atoms with Gasteiger partial charge in [0, 0.05) is 6.54 Å². The molecule has 0 aromatic heterocycles. The highest BCUT2D eigenvalue weighted by atomic mass is 19.1. The first kappa shape index (κ1) is 18.7. The molecule has 2 amide bonds. The van der Waals surface area contributed by atoms with Gasteiger partial charge in [-0.2, -0.15) is 0 Å². The van der Waals surface area contributed by atoms with Crippen molar-refractivity contribution in [1.29, 1.82) is 0 Å². The Kier molecular flexibility index (Phi) is 5.90. The first-order valence-electron chi connectivity index (χ1n) is 8.91. The van der Waals surface area contributed by atoms with Crippen molar-refractivity contribution in [2.75, 3.05) is 29.9 Å². The summed E-state index contributed by atoms with van der Waals surface area (Å²) in [5, 5.41) is 5.38. The smallest absolute Gasteiger partial charge is 0.262 e. The Balaban J connectivity index is 1.73. The maximum Gasteiger partial charge on any atom is 0.262 e. The van der Waals surface area contributed by atoms with E-state index in [4.69, 9.17) is 4.74 Å². The van der Waals surface area contributed by atoms with Gasteiger partial charge in [-0.05, 0) is 30.7 Å². The van der Waals surface area contributed by atoms with Crippen LogP contribution in [-0.2, 0) is 9.59 Å². The van der Waals surface area contributed by atoms with Crippen molar-refractivity contribution in [3.8, 4) is 5.75 Å². The number of hydrogen-bond acceptors (Lipinski definition) is 4. The van der Waals surface area contributed by atoms with Crippen molar-refractivity contribution in [3.63, 3.8) is 0 Å². The van der Waals surface area contributed by atoms with Crippen LogP contribution >= 0.6 is 0 Å². The predicted molar refractivity (Wildman–Crippen MR) is 101 cm³/mol. The van der Waals surface area contributed by atoms with Gasteiger partial charge in [0.2, 0.25) is 5.91 Å². The number of ether oxygens (including phenoxy) is 1. The zero-order valence-corrected chi connectivity index (χ0v) is 15.1. The van der Waals surface area contributed by atoms with E-state index in [1.807, 2.05) is 25.1 Å². The second kappa shape index (κ2) is 8.53. The molecule has 0 fully saturated rings. The Morgan fingerprint density at radius 1 is 1.19 bits per heavy atom. The van der Waals surface area contributed by atoms with Gasteiger partial charge in [0.05, 0.1) is 24.5 Å². The third kappa shape index (κ3) is 4.55. The molecule has 0 aliphatic carbocycles. The fourth-order valence-electron chi connectivity index (χ4n) is 2.88. The van der Waals surface area contributed by atoms with E-state index in [2.05, 4.69) is 10.6 Å². The topological polar surface area (TPSA) is 70.7 Å². The Morgan fingerprint density at radius 2 is 1.93 bits per heavy atom. The largest absolute Gasteiger partial charge is 0.477 e. The summed E-state index contributed by atoms with van der Waals surface area (Å²) < 4.78 is 19.5. The number of fused-ring (bicyclic) bond motifs is 1. The summed E-state index contributed by atoms with van der Waals surface area (Å²) in [5.74, 6) is -0.542. The Labute approximate surface area is 157 Å². The van der Waals surface area contributed by atoms with Gasteiger partial charge in [-0.15, -0.1) is 0 Å². The van der Waals surface area contributed by atoms with E-state index in [-0.39, 0.29) is 30.6 Å². The minimum Gasteiger partial charge on any atom is -0.477 e. The number of para-hydroxylation sites is 3. The molecule has 3 rings (SSSR count). The van der Waals surface area contributed by atoms with E-state index >= 15 is 0 Å². The molecule has 2 aromatic rings. The van der Waals surface area contributed by atoms with Crippen LogP contribution in [0.5, 0.6) is 5.75 Å². The molecule has 7 heteroatoms. The highest BCUT2D eigenvalue weighted by Crippen LogP contribution is 2.33. The number of nitrogens with zero attached hydrogens (tertiary/aromatic N) is 1. The molecule has 142 valence electrons. The number of halogens is 1. The lowest BCUT2D eigenvalue weighted by Gasteiger charge is -2.35. The van der Waals surface area contributed by atoms with Crippen LogP contribution in [0.1, 0.15) is 13.3 Å². The summed E-state index contributed by atoms with van der Waals surface area (Å²) in [5.41, 5.74) is 0.849. The number of anilines is 2. The lowest BCUT2D eigenvalue weighted by atomic mass is 10.1. The second-order valence-corrected chi connectivity index (χ2v) is 6.27. The van der Waals surface area contributed by atoms with Crippen LogP contribution in [-0.4, -0.2) is 37.6 Å². The van der Waals surface area contributed by atoms with Crippen LogP contribution in [0.4, 0.5) is 15.8 Å². The summed E-state index contributed by atoms with van der Waals surface area (Å²) >= 11 is 0. The van der Waals surface area contributed by atoms with E-state index in [1.54, 1.807) is 23.1 Å². The minimum absolute atomic E-state index is 0.0216. The van der Waals surface area contributed by atoms with Crippen molar-refractivity contribution in [2.45, 2.75) is 19.4 Å². The number of amides is 2. The van der Waals surface area contributed by atoms with Crippen molar-refractivity contribution < 1.29 is 18.7 Å². The molecule has 2 N–H and O–H groups in total. The number of hydrogen-bond donors (Lipinski definition) is 2. The molecule has 27 heavy (non-hydrogen) atoms. The van der Waals surface area contributed by atoms with Gasteiger partial charge in [-0.25, -0.2) is 4.39 Å². The van der Waals surface area contributed by atoms with Gasteiger partial charge in [-0.1, -0.05) is 31.2 Å². The predicted octanol–water partition coefficient (Wildman–Crippen LogP) is 2.56. The molecule has 1 atom stereocenters. The van der Waals surface area contributed by atoms with Crippen molar-refractivity contribution >= 4 is 23.2 Å². The van der Waals surface area contributed by atoms with Crippen LogP contribution < -0.4 is 20.3 Å². The maximum atomic E-state index is 13.8. The van der Waals surface area contributed by atoms with Crippen LogP contribution in [0.3, 0.4) is 0 Å². The van der Waals surface area contributed by atoms with Crippen LogP contribution in [0.2, 0.25) is 0 Å². The standard InChI is InChI=1S/C20H22FN3O3/c1-2-11-22-20(26)18-12-24(16-9-5-6-10-17(16)27-18)13-19(25)23-15-8-4-3-7-14(15)21/h3-10,18H,2,11-13H2,1H3,(H,22,26)(H,23,25)/t18-/m0/s1. The number of rotatable bonds is 6. The molecule has 0 saturated carbocycles. The summed E-state index contributed by atoms with van der Waals surface area (Å²) in [4.78, 5) is 26.5. The number of carbonyl (C=O) groups excluding carboxylic acids is 2. The molecule has 0 bridgehead atoms. The van der Waals surface area contributed by atoms with Crippen molar-refractivity contribution in [3.05, 3.63) is 54.3 Å². The average Bonchev–Trinajstić information content (AvgIpc) is 2.67. The first-order valence-corrected chi connectivity index (χ1v) is 8.91. The van der Waals surface area contributed by atoms with Crippen LogP contribution in [0, 0.1) is 5.82 Å². The van der Waals surface area contributed by atoms with Gasteiger partial charge in [0.15, 0.2) is 6.10 Å². The zero-order valence-electron chi connectivity index (χ0n) is 15.1.